The van der Waals surface area contributed by atoms with E-state index < -0.39 is 10.0 Å². The van der Waals surface area contributed by atoms with E-state index in [4.69, 9.17) is 10.00 Å². The summed E-state index contributed by atoms with van der Waals surface area (Å²) in [5.74, 6) is 0.747. The van der Waals surface area contributed by atoms with Crippen molar-refractivity contribution >= 4 is 15.7 Å². The van der Waals surface area contributed by atoms with Crippen LogP contribution in [0.15, 0.2) is 53.4 Å². The minimum atomic E-state index is -3.72. The molecular formula is C18H18N2O3S. The van der Waals surface area contributed by atoms with Crippen LogP contribution in [-0.2, 0) is 10.0 Å². The SMILES string of the molecule is N#Cc1cccc(S(=O)(=O)Nc2ccc(OC3CCCC3)cc2)c1. The third-order valence-electron chi connectivity index (χ3n) is 3.98. The summed E-state index contributed by atoms with van der Waals surface area (Å²) in [6, 6.07) is 14.7. The van der Waals surface area contributed by atoms with Crippen molar-refractivity contribution in [1.29, 1.82) is 5.26 Å². The van der Waals surface area contributed by atoms with E-state index in [0.29, 0.717) is 11.3 Å². The Morgan fingerprint density at radius 2 is 1.79 bits per heavy atom. The molecule has 3 rings (SSSR count). The third-order valence-corrected chi connectivity index (χ3v) is 5.36. The van der Waals surface area contributed by atoms with Crippen LogP contribution in [0.2, 0.25) is 0 Å². The van der Waals surface area contributed by atoms with Crippen molar-refractivity contribution in [1.82, 2.24) is 0 Å². The predicted molar refractivity (Wildman–Crippen MR) is 91.3 cm³/mol. The number of nitrogens with one attached hydrogen (secondary N) is 1. The number of ether oxygens (including phenoxy) is 1. The lowest BCUT2D eigenvalue weighted by molar-refractivity contribution is 0.210. The average Bonchev–Trinajstić information content (AvgIpc) is 3.09. The van der Waals surface area contributed by atoms with Gasteiger partial charge < -0.3 is 4.74 Å². The lowest BCUT2D eigenvalue weighted by Crippen LogP contribution is -2.13. The molecule has 2 aromatic rings. The molecule has 0 spiro atoms. The summed E-state index contributed by atoms with van der Waals surface area (Å²) in [4.78, 5) is 0.0628. The maximum atomic E-state index is 12.4. The molecule has 0 aliphatic heterocycles. The highest BCUT2D eigenvalue weighted by Crippen LogP contribution is 2.25. The van der Waals surface area contributed by atoms with Gasteiger partial charge in [-0.3, -0.25) is 4.72 Å². The molecule has 0 radical (unpaired) electrons. The van der Waals surface area contributed by atoms with Crippen molar-refractivity contribution < 1.29 is 13.2 Å². The van der Waals surface area contributed by atoms with Crippen LogP contribution in [-0.4, -0.2) is 14.5 Å². The molecule has 0 heterocycles. The van der Waals surface area contributed by atoms with Gasteiger partial charge in [0.05, 0.1) is 22.6 Å². The number of anilines is 1. The van der Waals surface area contributed by atoms with Crippen LogP contribution in [0, 0.1) is 11.3 Å². The summed E-state index contributed by atoms with van der Waals surface area (Å²) < 4.78 is 33.1. The number of hydrogen-bond acceptors (Lipinski definition) is 4. The smallest absolute Gasteiger partial charge is 0.261 e. The Hall–Kier alpha value is -2.52. The summed E-state index contributed by atoms with van der Waals surface area (Å²) in [5, 5.41) is 8.89. The molecule has 0 unspecified atom stereocenters. The first-order chi connectivity index (χ1) is 11.6. The van der Waals surface area contributed by atoms with E-state index in [0.717, 1.165) is 18.6 Å². The van der Waals surface area contributed by atoms with Crippen LogP contribution < -0.4 is 9.46 Å². The molecule has 124 valence electrons. The van der Waals surface area contributed by atoms with E-state index >= 15 is 0 Å². The largest absolute Gasteiger partial charge is 0.490 e. The summed E-state index contributed by atoms with van der Waals surface area (Å²) in [7, 11) is -3.72. The normalized spacial score (nSPS) is 15.0. The van der Waals surface area contributed by atoms with Gasteiger partial charge in [0, 0.05) is 5.69 Å². The monoisotopic (exact) mass is 342 g/mol. The summed E-state index contributed by atoms with van der Waals surface area (Å²) in [6.45, 7) is 0. The summed E-state index contributed by atoms with van der Waals surface area (Å²) in [6.07, 6.45) is 4.81. The molecule has 2 aromatic carbocycles. The molecule has 1 N–H and O–H groups in total. The van der Waals surface area contributed by atoms with Gasteiger partial charge in [-0.25, -0.2) is 8.42 Å². The van der Waals surface area contributed by atoms with Gasteiger partial charge in [-0.15, -0.1) is 0 Å². The lowest BCUT2D eigenvalue weighted by Gasteiger charge is -2.14. The Labute approximate surface area is 141 Å². The Bertz CT molecular complexity index is 849. The molecule has 1 aliphatic rings. The predicted octanol–water partition coefficient (Wildman–Crippen LogP) is 3.68. The molecule has 1 aliphatic carbocycles. The van der Waals surface area contributed by atoms with E-state index in [9.17, 15) is 8.42 Å². The van der Waals surface area contributed by atoms with Crippen LogP contribution in [0.25, 0.3) is 0 Å². The van der Waals surface area contributed by atoms with E-state index in [1.165, 1.54) is 25.0 Å². The first-order valence-electron chi connectivity index (χ1n) is 7.86. The number of rotatable bonds is 5. The molecule has 0 saturated heterocycles. The van der Waals surface area contributed by atoms with Gasteiger partial charge in [-0.2, -0.15) is 5.26 Å². The van der Waals surface area contributed by atoms with Gasteiger partial charge in [0.15, 0.2) is 0 Å². The zero-order valence-corrected chi connectivity index (χ0v) is 13.9. The zero-order chi connectivity index (χ0) is 17.0. The average molecular weight is 342 g/mol. The van der Waals surface area contributed by atoms with Crippen LogP contribution in [0.1, 0.15) is 31.2 Å². The first kappa shape index (κ1) is 16.3. The Morgan fingerprint density at radius 1 is 1.08 bits per heavy atom. The van der Waals surface area contributed by atoms with Crippen molar-refractivity contribution in [2.45, 2.75) is 36.7 Å². The molecule has 1 fully saturated rings. The lowest BCUT2D eigenvalue weighted by atomic mass is 10.2. The second kappa shape index (κ2) is 6.93. The van der Waals surface area contributed by atoms with Gasteiger partial charge >= 0.3 is 0 Å². The highest BCUT2D eigenvalue weighted by molar-refractivity contribution is 7.92. The second-order valence-electron chi connectivity index (χ2n) is 5.79. The third kappa shape index (κ3) is 3.87. The zero-order valence-electron chi connectivity index (χ0n) is 13.1. The maximum Gasteiger partial charge on any atom is 0.261 e. The quantitative estimate of drug-likeness (QED) is 0.899. The van der Waals surface area contributed by atoms with Crippen molar-refractivity contribution in [2.75, 3.05) is 4.72 Å². The molecular weight excluding hydrogens is 324 g/mol. The van der Waals surface area contributed by atoms with Crippen molar-refractivity contribution in [3.8, 4) is 11.8 Å². The number of benzene rings is 2. The molecule has 5 nitrogen and oxygen atoms in total. The van der Waals surface area contributed by atoms with Gasteiger partial charge in [0.2, 0.25) is 0 Å². The second-order valence-corrected chi connectivity index (χ2v) is 7.48. The number of nitriles is 1. The van der Waals surface area contributed by atoms with E-state index in [1.807, 2.05) is 6.07 Å². The highest BCUT2D eigenvalue weighted by atomic mass is 32.2. The highest BCUT2D eigenvalue weighted by Gasteiger charge is 2.17. The van der Waals surface area contributed by atoms with E-state index in [-0.39, 0.29) is 11.0 Å². The van der Waals surface area contributed by atoms with Crippen LogP contribution in [0.5, 0.6) is 5.75 Å². The minimum Gasteiger partial charge on any atom is -0.490 e. The van der Waals surface area contributed by atoms with Gasteiger partial charge in [-0.05, 0) is 68.1 Å². The topological polar surface area (TPSA) is 79.2 Å². The number of hydrogen-bond donors (Lipinski definition) is 1. The van der Waals surface area contributed by atoms with Crippen LogP contribution in [0.3, 0.4) is 0 Å². The molecule has 0 aromatic heterocycles. The van der Waals surface area contributed by atoms with Crippen molar-refractivity contribution in [3.63, 3.8) is 0 Å². The number of nitrogens with zero attached hydrogens (tertiary/aromatic N) is 1. The first-order valence-corrected chi connectivity index (χ1v) is 9.35. The van der Waals surface area contributed by atoms with Crippen molar-refractivity contribution in [3.05, 3.63) is 54.1 Å². The Morgan fingerprint density at radius 3 is 2.46 bits per heavy atom. The Balaban J connectivity index is 1.71. The fourth-order valence-electron chi connectivity index (χ4n) is 2.75. The van der Waals surface area contributed by atoms with Crippen molar-refractivity contribution in [2.24, 2.45) is 0 Å². The molecule has 24 heavy (non-hydrogen) atoms. The molecule has 0 bridgehead atoms. The van der Waals surface area contributed by atoms with E-state index in [2.05, 4.69) is 4.72 Å². The molecule has 0 amide bonds. The van der Waals surface area contributed by atoms with Crippen LogP contribution >= 0.6 is 0 Å². The molecule has 0 atom stereocenters. The standard InChI is InChI=1S/C18H18N2O3S/c19-13-14-4-3-7-18(12-14)24(21,22)20-15-8-10-17(11-9-15)23-16-5-1-2-6-16/h3-4,7-12,16,20H,1-2,5-6H2. The van der Waals surface area contributed by atoms with Crippen LogP contribution in [0.4, 0.5) is 5.69 Å². The molecule has 1 saturated carbocycles. The maximum absolute atomic E-state index is 12.4. The van der Waals surface area contributed by atoms with Gasteiger partial charge in [0.25, 0.3) is 10.0 Å². The summed E-state index contributed by atoms with van der Waals surface area (Å²) >= 11 is 0. The summed E-state index contributed by atoms with van der Waals surface area (Å²) in [5.41, 5.74) is 0.759. The molecule has 6 heteroatoms. The fourth-order valence-corrected chi connectivity index (χ4v) is 3.85. The Kier molecular flexibility index (Phi) is 4.72. The number of sulfonamides is 1. The fraction of sp³-hybridized carbons (Fsp3) is 0.278. The minimum absolute atomic E-state index is 0.0628. The van der Waals surface area contributed by atoms with Gasteiger partial charge in [0.1, 0.15) is 5.75 Å². The van der Waals surface area contributed by atoms with Gasteiger partial charge in [-0.1, -0.05) is 6.07 Å². The van der Waals surface area contributed by atoms with E-state index in [1.54, 1.807) is 36.4 Å².